The van der Waals surface area contributed by atoms with Crippen LogP contribution in [0, 0.1) is 6.92 Å². The van der Waals surface area contributed by atoms with E-state index in [1.165, 1.54) is 10.4 Å². The molecular weight excluding hydrogens is 334 g/mol. The van der Waals surface area contributed by atoms with Crippen molar-refractivity contribution < 1.29 is 0 Å². The van der Waals surface area contributed by atoms with Crippen LogP contribution in [0.2, 0.25) is 0 Å². The summed E-state index contributed by atoms with van der Waals surface area (Å²) in [7, 11) is 0. The lowest BCUT2D eigenvalue weighted by atomic mass is 10.0. The summed E-state index contributed by atoms with van der Waals surface area (Å²) in [6.45, 7) is 2.10. The number of pyridine rings is 1. The molecule has 1 aliphatic rings. The number of anilines is 1. The molecule has 0 bridgehead atoms. The molecule has 4 rings (SSSR count). The quantitative estimate of drug-likeness (QED) is 0.697. The van der Waals surface area contributed by atoms with Gasteiger partial charge in [-0.3, -0.25) is 4.98 Å². The van der Waals surface area contributed by atoms with Crippen molar-refractivity contribution in [3.05, 3.63) is 82.3 Å². The zero-order valence-electron chi connectivity index (χ0n) is 13.2. The SMILES string of the molecule is Cc1ccc(N2C(=S)N[C@@H](c3ccccn3)[C@@H]2c2cccs2)cc1. The van der Waals surface area contributed by atoms with E-state index < -0.39 is 0 Å². The van der Waals surface area contributed by atoms with Crippen molar-refractivity contribution in [1.82, 2.24) is 10.3 Å². The molecule has 2 aromatic heterocycles. The lowest BCUT2D eigenvalue weighted by molar-refractivity contribution is 0.575. The highest BCUT2D eigenvalue weighted by molar-refractivity contribution is 7.80. The van der Waals surface area contributed by atoms with Crippen molar-refractivity contribution in [2.75, 3.05) is 4.90 Å². The average molecular weight is 352 g/mol. The molecule has 1 fully saturated rings. The van der Waals surface area contributed by atoms with Crippen molar-refractivity contribution in [1.29, 1.82) is 0 Å². The van der Waals surface area contributed by atoms with Gasteiger partial charge >= 0.3 is 0 Å². The van der Waals surface area contributed by atoms with Gasteiger partial charge in [0.15, 0.2) is 5.11 Å². The van der Waals surface area contributed by atoms with E-state index >= 15 is 0 Å². The Balaban J connectivity index is 1.80. The number of hydrogen-bond acceptors (Lipinski definition) is 3. The van der Waals surface area contributed by atoms with Gasteiger partial charge in [0.2, 0.25) is 0 Å². The minimum absolute atomic E-state index is 0.0404. The highest BCUT2D eigenvalue weighted by atomic mass is 32.1. The third-order valence-electron chi connectivity index (χ3n) is 4.24. The molecule has 1 N–H and O–H groups in total. The fourth-order valence-corrected chi connectivity index (χ4v) is 4.29. The fourth-order valence-electron chi connectivity index (χ4n) is 3.09. The number of hydrogen-bond donors (Lipinski definition) is 1. The fraction of sp³-hybridized carbons (Fsp3) is 0.158. The smallest absolute Gasteiger partial charge is 0.174 e. The van der Waals surface area contributed by atoms with Crippen molar-refractivity contribution in [3.8, 4) is 0 Å². The van der Waals surface area contributed by atoms with Gasteiger partial charge in [0.05, 0.1) is 17.8 Å². The summed E-state index contributed by atoms with van der Waals surface area (Å²) < 4.78 is 0. The Morgan fingerprint density at radius 2 is 1.92 bits per heavy atom. The van der Waals surface area contributed by atoms with E-state index in [0.717, 1.165) is 16.5 Å². The standard InChI is InChI=1S/C19H17N3S2/c1-13-7-9-14(10-8-13)22-18(16-6-4-12-24-16)17(21-19(22)23)15-5-2-3-11-20-15/h2-12,17-18H,1H3,(H,21,23)/t17-,18-/m0/s1. The number of thiophene rings is 1. The molecule has 3 aromatic rings. The van der Waals surface area contributed by atoms with Crippen LogP contribution in [0.4, 0.5) is 5.69 Å². The van der Waals surface area contributed by atoms with Gasteiger partial charge in [0.25, 0.3) is 0 Å². The summed E-state index contributed by atoms with van der Waals surface area (Å²) in [4.78, 5) is 8.04. The molecule has 5 heteroatoms. The van der Waals surface area contributed by atoms with Gasteiger partial charge in [-0.2, -0.15) is 0 Å². The normalized spacial score (nSPS) is 20.2. The number of aryl methyl sites for hydroxylation is 1. The van der Waals surface area contributed by atoms with E-state index in [2.05, 4.69) is 70.0 Å². The first-order chi connectivity index (χ1) is 11.7. The molecular formula is C19H17N3S2. The van der Waals surface area contributed by atoms with E-state index in [-0.39, 0.29) is 12.1 Å². The zero-order valence-corrected chi connectivity index (χ0v) is 14.8. The topological polar surface area (TPSA) is 28.2 Å². The second kappa shape index (κ2) is 6.34. The molecule has 0 unspecified atom stereocenters. The number of aromatic nitrogens is 1. The summed E-state index contributed by atoms with van der Waals surface area (Å²) in [5.74, 6) is 0. The average Bonchev–Trinajstić information content (AvgIpc) is 3.24. The van der Waals surface area contributed by atoms with Crippen LogP contribution in [0.3, 0.4) is 0 Å². The van der Waals surface area contributed by atoms with Crippen LogP contribution >= 0.6 is 23.6 Å². The van der Waals surface area contributed by atoms with Crippen molar-refractivity contribution in [2.45, 2.75) is 19.0 Å². The third-order valence-corrected chi connectivity index (χ3v) is 5.50. The molecule has 3 nitrogen and oxygen atoms in total. The van der Waals surface area contributed by atoms with Crippen LogP contribution in [0.5, 0.6) is 0 Å². The Morgan fingerprint density at radius 3 is 2.58 bits per heavy atom. The van der Waals surface area contributed by atoms with Crippen LogP contribution in [0.15, 0.2) is 66.2 Å². The van der Waals surface area contributed by atoms with Gasteiger partial charge in [0, 0.05) is 16.8 Å². The number of thiocarbonyl (C=S) groups is 1. The maximum atomic E-state index is 5.68. The molecule has 0 aliphatic carbocycles. The number of rotatable bonds is 3. The number of nitrogens with zero attached hydrogens (tertiary/aromatic N) is 2. The van der Waals surface area contributed by atoms with Gasteiger partial charge in [0.1, 0.15) is 0 Å². The monoisotopic (exact) mass is 351 g/mol. The predicted octanol–water partition coefficient (Wildman–Crippen LogP) is 4.63. The molecule has 0 saturated carbocycles. The lowest BCUT2D eigenvalue weighted by Crippen LogP contribution is -2.29. The molecule has 0 amide bonds. The first-order valence-electron chi connectivity index (χ1n) is 7.85. The van der Waals surface area contributed by atoms with E-state index in [4.69, 9.17) is 12.2 Å². The van der Waals surface area contributed by atoms with Gasteiger partial charge in [-0.25, -0.2) is 0 Å². The third kappa shape index (κ3) is 2.70. The van der Waals surface area contributed by atoms with Crippen LogP contribution in [0.1, 0.15) is 28.2 Å². The minimum atomic E-state index is 0.0404. The second-order valence-electron chi connectivity index (χ2n) is 5.85. The molecule has 24 heavy (non-hydrogen) atoms. The number of nitrogens with one attached hydrogen (secondary N) is 1. The Labute approximate surface area is 151 Å². The zero-order chi connectivity index (χ0) is 16.5. The predicted molar refractivity (Wildman–Crippen MR) is 103 cm³/mol. The first kappa shape index (κ1) is 15.3. The van der Waals surface area contributed by atoms with E-state index in [9.17, 15) is 0 Å². The maximum Gasteiger partial charge on any atom is 0.174 e. The lowest BCUT2D eigenvalue weighted by Gasteiger charge is -2.27. The molecule has 1 aliphatic heterocycles. The van der Waals surface area contributed by atoms with Crippen molar-refractivity contribution in [3.63, 3.8) is 0 Å². The van der Waals surface area contributed by atoms with Crippen LogP contribution in [-0.2, 0) is 0 Å². The van der Waals surface area contributed by atoms with E-state index in [1.54, 1.807) is 11.3 Å². The van der Waals surface area contributed by atoms with Gasteiger partial charge in [-0.05, 0) is 54.9 Å². The van der Waals surface area contributed by atoms with Crippen molar-refractivity contribution in [2.24, 2.45) is 0 Å². The molecule has 1 aromatic carbocycles. The Morgan fingerprint density at radius 1 is 1.08 bits per heavy atom. The summed E-state index contributed by atoms with van der Waals surface area (Å²) in [6.07, 6.45) is 1.83. The molecule has 0 spiro atoms. The first-order valence-corrected chi connectivity index (χ1v) is 9.13. The van der Waals surface area contributed by atoms with E-state index in [0.29, 0.717) is 0 Å². The minimum Gasteiger partial charge on any atom is -0.351 e. The molecule has 0 radical (unpaired) electrons. The summed E-state index contributed by atoms with van der Waals surface area (Å²) in [5.41, 5.74) is 3.36. The number of benzene rings is 1. The Hall–Kier alpha value is -2.24. The molecule has 1 saturated heterocycles. The molecule has 2 atom stereocenters. The largest absolute Gasteiger partial charge is 0.351 e. The van der Waals surface area contributed by atoms with E-state index in [1.807, 2.05) is 18.3 Å². The molecule has 3 heterocycles. The van der Waals surface area contributed by atoms with Gasteiger partial charge in [-0.1, -0.05) is 29.8 Å². The Bertz CT molecular complexity index is 829. The summed E-state index contributed by atoms with van der Waals surface area (Å²) >= 11 is 7.43. The highest BCUT2D eigenvalue weighted by Crippen LogP contribution is 2.42. The van der Waals surface area contributed by atoms with Crippen LogP contribution in [0.25, 0.3) is 0 Å². The maximum absolute atomic E-state index is 5.68. The summed E-state index contributed by atoms with van der Waals surface area (Å²) in [6, 6.07) is 18.9. The van der Waals surface area contributed by atoms with Gasteiger partial charge < -0.3 is 10.2 Å². The Kier molecular flexibility index (Phi) is 4.04. The highest BCUT2D eigenvalue weighted by Gasteiger charge is 2.41. The molecule has 120 valence electrons. The van der Waals surface area contributed by atoms with Crippen LogP contribution < -0.4 is 10.2 Å². The second-order valence-corrected chi connectivity index (χ2v) is 7.21. The van der Waals surface area contributed by atoms with Crippen molar-refractivity contribution >= 4 is 34.4 Å². The summed E-state index contributed by atoms with van der Waals surface area (Å²) in [5, 5.41) is 6.33. The van der Waals surface area contributed by atoms with Gasteiger partial charge in [-0.15, -0.1) is 11.3 Å². The van der Waals surface area contributed by atoms with Crippen LogP contribution in [-0.4, -0.2) is 10.1 Å².